The summed E-state index contributed by atoms with van der Waals surface area (Å²) in [5, 5.41) is 0.547. The van der Waals surface area contributed by atoms with Gasteiger partial charge in [-0.3, -0.25) is 9.78 Å². The Kier molecular flexibility index (Phi) is 3.15. The fourth-order valence-corrected chi connectivity index (χ4v) is 1.77. The second kappa shape index (κ2) is 4.74. The van der Waals surface area contributed by atoms with E-state index in [1.165, 1.54) is 0 Å². The first-order chi connectivity index (χ1) is 8.20. The summed E-state index contributed by atoms with van der Waals surface area (Å²) in [4.78, 5) is 21.2. The first-order valence-electron chi connectivity index (χ1n) is 5.51. The number of nitrogens with one attached hydrogen (secondary N) is 2. The predicted molar refractivity (Wildman–Crippen MR) is 67.5 cm³/mol. The smallest absolute Gasteiger partial charge is 0.261 e. The van der Waals surface area contributed by atoms with Crippen LogP contribution in [0.25, 0.3) is 11.0 Å². The van der Waals surface area contributed by atoms with E-state index in [1.807, 2.05) is 6.07 Å². The van der Waals surface area contributed by atoms with Crippen molar-refractivity contribution in [1.29, 1.82) is 0 Å². The van der Waals surface area contributed by atoms with E-state index in [0.29, 0.717) is 11.0 Å². The molecule has 4 N–H and O–H groups in total. The van der Waals surface area contributed by atoms with Crippen LogP contribution in [0, 0.1) is 12.3 Å². The molecular formula is C12H14N4O. The van der Waals surface area contributed by atoms with E-state index in [2.05, 4.69) is 20.9 Å². The molecule has 88 valence electrons. The Balaban J connectivity index is 2.18. The van der Waals surface area contributed by atoms with Gasteiger partial charge in [0.25, 0.3) is 5.56 Å². The number of rotatable bonds is 4. The number of unbranched alkanes of at least 4 members (excludes halogenated alkanes) is 2. The number of aromatic amines is 2. The van der Waals surface area contributed by atoms with E-state index < -0.39 is 0 Å². The molecule has 0 spiro atoms. The monoisotopic (exact) mass is 230 g/mol. The van der Waals surface area contributed by atoms with E-state index in [0.717, 1.165) is 31.4 Å². The van der Waals surface area contributed by atoms with Crippen LogP contribution in [-0.2, 0) is 6.42 Å². The van der Waals surface area contributed by atoms with Crippen molar-refractivity contribution in [3.05, 3.63) is 22.1 Å². The van der Waals surface area contributed by atoms with Crippen LogP contribution in [0.1, 0.15) is 25.0 Å². The number of H-pyrrole nitrogens is 2. The molecule has 0 aliphatic carbocycles. The minimum Gasteiger partial charge on any atom is -0.369 e. The maximum Gasteiger partial charge on any atom is 0.261 e. The molecule has 0 aliphatic rings. The van der Waals surface area contributed by atoms with Crippen LogP contribution in [0.2, 0.25) is 0 Å². The molecule has 0 radical (unpaired) electrons. The molecule has 0 saturated carbocycles. The highest BCUT2D eigenvalue weighted by Gasteiger charge is 2.06. The number of nitrogens with zero attached hydrogens (tertiary/aromatic N) is 1. The number of nitrogen functional groups attached to an aromatic ring is 1. The molecule has 2 aromatic heterocycles. The van der Waals surface area contributed by atoms with E-state index in [-0.39, 0.29) is 11.5 Å². The maximum atomic E-state index is 11.6. The Labute approximate surface area is 98.5 Å². The predicted octanol–water partition coefficient (Wildman–Crippen LogP) is 1.18. The summed E-state index contributed by atoms with van der Waals surface area (Å²) in [6.07, 6.45) is 8.80. The summed E-state index contributed by atoms with van der Waals surface area (Å²) >= 11 is 0. The molecule has 0 aliphatic heterocycles. The number of terminal acetylenes is 1. The van der Waals surface area contributed by atoms with Crippen LogP contribution in [-0.4, -0.2) is 15.0 Å². The Morgan fingerprint density at radius 2 is 2.24 bits per heavy atom. The van der Waals surface area contributed by atoms with Crippen LogP contribution in [0.4, 0.5) is 5.95 Å². The van der Waals surface area contributed by atoms with Crippen LogP contribution in [0.15, 0.2) is 10.9 Å². The number of hydrogen-bond acceptors (Lipinski definition) is 3. The largest absolute Gasteiger partial charge is 0.369 e. The molecule has 5 nitrogen and oxygen atoms in total. The van der Waals surface area contributed by atoms with Gasteiger partial charge in [0.2, 0.25) is 5.95 Å². The first kappa shape index (κ1) is 11.3. The van der Waals surface area contributed by atoms with Gasteiger partial charge >= 0.3 is 0 Å². The molecule has 0 fully saturated rings. The van der Waals surface area contributed by atoms with Gasteiger partial charge in [0.1, 0.15) is 5.65 Å². The lowest BCUT2D eigenvalue weighted by Gasteiger charge is -1.94. The highest BCUT2D eigenvalue weighted by atomic mass is 16.1. The molecule has 2 aromatic rings. The van der Waals surface area contributed by atoms with Crippen LogP contribution in [0.3, 0.4) is 0 Å². The molecule has 0 aromatic carbocycles. The van der Waals surface area contributed by atoms with Gasteiger partial charge < -0.3 is 10.7 Å². The van der Waals surface area contributed by atoms with Crippen LogP contribution >= 0.6 is 0 Å². The number of fused-ring (bicyclic) bond motifs is 1. The molecule has 0 amide bonds. The SMILES string of the molecule is C#CCCCCc1cc2c(=O)[nH]c(N)nc2[nH]1. The third kappa shape index (κ3) is 2.48. The van der Waals surface area contributed by atoms with Crippen molar-refractivity contribution in [2.75, 3.05) is 5.73 Å². The summed E-state index contributed by atoms with van der Waals surface area (Å²) in [6, 6.07) is 1.82. The molecule has 0 saturated heterocycles. The van der Waals surface area contributed by atoms with Crippen molar-refractivity contribution >= 4 is 17.0 Å². The molecule has 5 heteroatoms. The number of anilines is 1. The molecule has 0 atom stereocenters. The minimum absolute atomic E-state index is 0.128. The summed E-state index contributed by atoms with van der Waals surface area (Å²) in [6.45, 7) is 0. The van der Waals surface area contributed by atoms with Crippen molar-refractivity contribution in [2.24, 2.45) is 0 Å². The van der Waals surface area contributed by atoms with E-state index in [9.17, 15) is 4.79 Å². The van der Waals surface area contributed by atoms with Crippen LogP contribution in [0.5, 0.6) is 0 Å². The summed E-state index contributed by atoms with van der Waals surface area (Å²) in [7, 11) is 0. The zero-order chi connectivity index (χ0) is 12.3. The highest BCUT2D eigenvalue weighted by molar-refractivity contribution is 5.76. The van der Waals surface area contributed by atoms with Gasteiger partial charge in [-0.05, 0) is 25.3 Å². The summed E-state index contributed by atoms with van der Waals surface area (Å²) in [5.74, 6) is 2.73. The average molecular weight is 230 g/mol. The number of aromatic nitrogens is 3. The summed E-state index contributed by atoms with van der Waals surface area (Å²) in [5.41, 5.74) is 6.78. The number of nitrogens with two attached hydrogens (primary N) is 1. The van der Waals surface area contributed by atoms with Gasteiger partial charge in [0.15, 0.2) is 0 Å². The highest BCUT2D eigenvalue weighted by Crippen LogP contribution is 2.12. The van der Waals surface area contributed by atoms with Crippen molar-refractivity contribution in [3.8, 4) is 12.3 Å². The lowest BCUT2D eigenvalue weighted by molar-refractivity contribution is 0.747. The molecule has 0 unspecified atom stereocenters. The van der Waals surface area contributed by atoms with Gasteiger partial charge in [0, 0.05) is 12.1 Å². The quantitative estimate of drug-likeness (QED) is 0.544. The van der Waals surface area contributed by atoms with Crippen molar-refractivity contribution in [2.45, 2.75) is 25.7 Å². The van der Waals surface area contributed by atoms with E-state index >= 15 is 0 Å². The fraction of sp³-hybridized carbons (Fsp3) is 0.333. The van der Waals surface area contributed by atoms with Gasteiger partial charge in [-0.2, -0.15) is 4.98 Å². The topological polar surface area (TPSA) is 87.6 Å². The van der Waals surface area contributed by atoms with Crippen molar-refractivity contribution < 1.29 is 0 Å². The molecule has 0 bridgehead atoms. The van der Waals surface area contributed by atoms with Crippen molar-refractivity contribution in [3.63, 3.8) is 0 Å². The Morgan fingerprint density at radius 3 is 3.00 bits per heavy atom. The third-order valence-corrected chi connectivity index (χ3v) is 2.59. The van der Waals surface area contributed by atoms with Gasteiger partial charge in [-0.15, -0.1) is 12.3 Å². The zero-order valence-electron chi connectivity index (χ0n) is 9.42. The normalized spacial score (nSPS) is 10.5. The number of hydrogen-bond donors (Lipinski definition) is 3. The first-order valence-corrected chi connectivity index (χ1v) is 5.51. The number of aryl methyl sites for hydroxylation is 1. The van der Waals surface area contributed by atoms with Gasteiger partial charge in [-0.1, -0.05) is 0 Å². The van der Waals surface area contributed by atoms with Gasteiger partial charge in [-0.25, -0.2) is 0 Å². The third-order valence-electron chi connectivity index (χ3n) is 2.59. The average Bonchev–Trinajstić information content (AvgIpc) is 2.67. The Morgan fingerprint density at radius 1 is 1.41 bits per heavy atom. The standard InChI is InChI=1S/C12H14N4O/c1-2-3-4-5-6-8-7-9-10(14-8)15-12(13)16-11(9)17/h1,7H,3-6H2,(H4,13,14,15,16,17). The summed E-state index contributed by atoms with van der Waals surface area (Å²) < 4.78 is 0. The second-order valence-electron chi connectivity index (χ2n) is 3.92. The fourth-order valence-electron chi connectivity index (χ4n) is 1.77. The molecular weight excluding hydrogens is 216 g/mol. The Bertz CT molecular complexity index is 617. The lowest BCUT2D eigenvalue weighted by Crippen LogP contribution is -2.09. The zero-order valence-corrected chi connectivity index (χ0v) is 9.42. The molecule has 2 heterocycles. The minimum atomic E-state index is -0.210. The second-order valence-corrected chi connectivity index (χ2v) is 3.92. The molecule has 2 rings (SSSR count). The van der Waals surface area contributed by atoms with E-state index in [4.69, 9.17) is 12.2 Å². The van der Waals surface area contributed by atoms with Gasteiger partial charge in [0.05, 0.1) is 5.39 Å². The van der Waals surface area contributed by atoms with E-state index in [1.54, 1.807) is 0 Å². The Hall–Kier alpha value is -2.22. The maximum absolute atomic E-state index is 11.6. The van der Waals surface area contributed by atoms with Crippen molar-refractivity contribution in [1.82, 2.24) is 15.0 Å². The molecule has 17 heavy (non-hydrogen) atoms. The van der Waals surface area contributed by atoms with Crippen LogP contribution < -0.4 is 11.3 Å². The lowest BCUT2D eigenvalue weighted by atomic mass is 10.1.